The topological polar surface area (TPSA) is 55.8 Å². The van der Waals surface area contributed by atoms with Gasteiger partial charge in [-0.1, -0.05) is 6.42 Å². The number of Topliss-reactive ketones (excluding diaryl/α,β-unsaturated/α-hetero) is 1. The van der Waals surface area contributed by atoms with E-state index in [1.165, 1.54) is 0 Å². The lowest BCUT2D eigenvalue weighted by Crippen LogP contribution is -2.47. The van der Waals surface area contributed by atoms with E-state index in [0.29, 0.717) is 12.2 Å². The highest BCUT2D eigenvalue weighted by Crippen LogP contribution is 2.66. The van der Waals surface area contributed by atoms with Crippen molar-refractivity contribution in [1.82, 2.24) is 0 Å². The van der Waals surface area contributed by atoms with E-state index in [9.17, 15) is 9.90 Å². The van der Waals surface area contributed by atoms with Gasteiger partial charge < -0.3 is 14.6 Å². The molecule has 0 heterocycles. The molecule has 0 aliphatic heterocycles. The molecule has 21 heavy (non-hydrogen) atoms. The van der Waals surface area contributed by atoms with Crippen LogP contribution in [-0.2, 0) is 14.3 Å². The van der Waals surface area contributed by atoms with Crippen molar-refractivity contribution in [3.63, 3.8) is 0 Å². The van der Waals surface area contributed by atoms with Gasteiger partial charge in [0, 0.05) is 0 Å². The zero-order chi connectivity index (χ0) is 15.4. The Hall–Kier alpha value is -1.03. The molecule has 4 nitrogen and oxygen atoms in total. The van der Waals surface area contributed by atoms with Crippen molar-refractivity contribution in [1.29, 1.82) is 0 Å². The summed E-state index contributed by atoms with van der Waals surface area (Å²) >= 11 is 0. The van der Waals surface area contributed by atoms with Crippen molar-refractivity contribution in [2.75, 3.05) is 0 Å². The van der Waals surface area contributed by atoms with Crippen LogP contribution in [0.1, 0.15) is 59.8 Å². The molecule has 0 aromatic heterocycles. The second-order valence-corrected chi connectivity index (χ2v) is 7.28. The summed E-state index contributed by atoms with van der Waals surface area (Å²) < 4.78 is 11.7. The molecule has 0 aromatic rings. The van der Waals surface area contributed by atoms with Gasteiger partial charge in [0.05, 0.1) is 17.6 Å². The highest BCUT2D eigenvalue weighted by molar-refractivity contribution is 6.04. The molecule has 1 N–H and O–H groups in total. The minimum Gasteiger partial charge on any atom is -0.488 e. The summed E-state index contributed by atoms with van der Waals surface area (Å²) in [7, 11) is 0. The molecule has 0 unspecified atom stereocenters. The van der Waals surface area contributed by atoms with Gasteiger partial charge in [-0.05, 0) is 59.3 Å². The van der Waals surface area contributed by atoms with Crippen LogP contribution in [0.3, 0.4) is 0 Å². The van der Waals surface area contributed by atoms with Crippen LogP contribution in [0.25, 0.3) is 0 Å². The molecule has 3 atom stereocenters. The summed E-state index contributed by atoms with van der Waals surface area (Å²) in [5.74, 6) is 0.941. The van der Waals surface area contributed by atoms with Crippen molar-refractivity contribution in [3.05, 3.63) is 11.5 Å². The van der Waals surface area contributed by atoms with Crippen LogP contribution >= 0.6 is 0 Å². The standard InChI is InChI=1S/C17H26O4/c1-10(2)20-13-14(18)16-8-5-6-12(16)7-9-17(16,19)15(13)21-11(3)4/h10-12,19H,5-9H2,1-4H3/t12-,16+,17-/m0/s1. The molecular formula is C17H26O4. The molecule has 0 aromatic carbocycles. The van der Waals surface area contributed by atoms with E-state index < -0.39 is 11.0 Å². The Morgan fingerprint density at radius 2 is 1.76 bits per heavy atom. The quantitative estimate of drug-likeness (QED) is 0.866. The normalized spacial score (nSPS) is 38.4. The van der Waals surface area contributed by atoms with Gasteiger partial charge in [0.25, 0.3) is 0 Å². The van der Waals surface area contributed by atoms with Crippen LogP contribution < -0.4 is 0 Å². The van der Waals surface area contributed by atoms with Gasteiger partial charge >= 0.3 is 0 Å². The SMILES string of the molecule is CC(C)OC1=C(OC(C)C)[C@@]2(O)CC[C@@H]3CCC[C@]32C1=O. The predicted octanol–water partition coefficient (Wildman–Crippen LogP) is 2.94. The molecule has 0 radical (unpaired) electrons. The summed E-state index contributed by atoms with van der Waals surface area (Å²) in [6, 6.07) is 0. The lowest BCUT2D eigenvalue weighted by atomic mass is 9.71. The number of aliphatic hydroxyl groups is 1. The van der Waals surface area contributed by atoms with Crippen LogP contribution in [0.2, 0.25) is 0 Å². The van der Waals surface area contributed by atoms with E-state index in [-0.39, 0.29) is 29.7 Å². The molecule has 4 heteroatoms. The van der Waals surface area contributed by atoms with Crippen LogP contribution in [0.15, 0.2) is 11.5 Å². The van der Waals surface area contributed by atoms with Gasteiger partial charge in [-0.2, -0.15) is 0 Å². The zero-order valence-corrected chi connectivity index (χ0v) is 13.4. The first-order valence-corrected chi connectivity index (χ1v) is 8.18. The van der Waals surface area contributed by atoms with E-state index in [1.807, 2.05) is 27.7 Å². The first kappa shape index (κ1) is 14.9. The van der Waals surface area contributed by atoms with Gasteiger partial charge in [-0.15, -0.1) is 0 Å². The lowest BCUT2D eigenvalue weighted by molar-refractivity contribution is -0.139. The Bertz CT molecular complexity index is 493. The number of hydrogen-bond donors (Lipinski definition) is 1. The Kier molecular flexibility index (Phi) is 3.36. The smallest absolute Gasteiger partial charge is 0.210 e. The van der Waals surface area contributed by atoms with Crippen LogP contribution in [0.4, 0.5) is 0 Å². The zero-order valence-electron chi connectivity index (χ0n) is 13.4. The summed E-state index contributed by atoms with van der Waals surface area (Å²) in [4.78, 5) is 13.1. The maximum atomic E-state index is 13.1. The number of ether oxygens (including phenoxy) is 2. The number of hydrogen-bond acceptors (Lipinski definition) is 4. The summed E-state index contributed by atoms with van der Waals surface area (Å²) in [5.41, 5.74) is -1.83. The first-order chi connectivity index (χ1) is 9.83. The average molecular weight is 294 g/mol. The Balaban J connectivity index is 2.09. The van der Waals surface area contributed by atoms with Crippen molar-refractivity contribution >= 4 is 5.78 Å². The number of carbonyl (C=O) groups excluding carboxylic acids is 1. The third-order valence-corrected chi connectivity index (χ3v) is 5.31. The van der Waals surface area contributed by atoms with Crippen LogP contribution in [0, 0.1) is 11.3 Å². The Morgan fingerprint density at radius 1 is 1.10 bits per heavy atom. The summed E-state index contributed by atoms with van der Waals surface area (Å²) in [6.45, 7) is 7.63. The third kappa shape index (κ3) is 1.81. The van der Waals surface area contributed by atoms with E-state index >= 15 is 0 Å². The molecule has 0 saturated heterocycles. The third-order valence-electron chi connectivity index (χ3n) is 5.31. The summed E-state index contributed by atoms with van der Waals surface area (Å²) in [5, 5.41) is 11.4. The van der Waals surface area contributed by atoms with E-state index in [4.69, 9.17) is 9.47 Å². The maximum absolute atomic E-state index is 13.1. The van der Waals surface area contributed by atoms with Gasteiger partial charge in [-0.3, -0.25) is 4.79 Å². The fourth-order valence-electron chi connectivity index (χ4n) is 4.65. The molecule has 3 aliphatic carbocycles. The second-order valence-electron chi connectivity index (χ2n) is 7.28. The average Bonchev–Trinajstić information content (AvgIpc) is 2.97. The lowest BCUT2D eigenvalue weighted by Gasteiger charge is -2.36. The highest BCUT2D eigenvalue weighted by atomic mass is 16.5. The van der Waals surface area contributed by atoms with Crippen molar-refractivity contribution in [2.24, 2.45) is 11.3 Å². The van der Waals surface area contributed by atoms with Gasteiger partial charge in [0.15, 0.2) is 5.76 Å². The molecular weight excluding hydrogens is 268 g/mol. The summed E-state index contributed by atoms with van der Waals surface area (Å²) in [6.07, 6.45) is 4.11. The van der Waals surface area contributed by atoms with Gasteiger partial charge in [0.1, 0.15) is 5.60 Å². The molecule has 3 aliphatic rings. The number of ketones is 1. The van der Waals surface area contributed by atoms with Crippen LogP contribution in [0.5, 0.6) is 0 Å². The van der Waals surface area contributed by atoms with Crippen molar-refractivity contribution in [3.8, 4) is 0 Å². The molecule has 2 saturated carbocycles. The molecule has 2 fully saturated rings. The Labute approximate surface area is 126 Å². The van der Waals surface area contributed by atoms with Crippen LogP contribution in [-0.4, -0.2) is 28.7 Å². The fourth-order valence-corrected chi connectivity index (χ4v) is 4.65. The van der Waals surface area contributed by atoms with E-state index in [1.54, 1.807) is 0 Å². The fraction of sp³-hybridized carbons (Fsp3) is 0.824. The first-order valence-electron chi connectivity index (χ1n) is 8.18. The molecule has 1 spiro atoms. The van der Waals surface area contributed by atoms with Crippen molar-refractivity contribution in [2.45, 2.75) is 77.6 Å². The number of allylic oxidation sites excluding steroid dienone is 1. The monoisotopic (exact) mass is 294 g/mol. The van der Waals surface area contributed by atoms with Gasteiger partial charge in [0.2, 0.25) is 11.5 Å². The largest absolute Gasteiger partial charge is 0.488 e. The minimum atomic E-state index is -1.15. The predicted molar refractivity (Wildman–Crippen MR) is 78.4 cm³/mol. The minimum absolute atomic E-state index is 0.0191. The molecule has 118 valence electrons. The molecule has 0 amide bonds. The van der Waals surface area contributed by atoms with Gasteiger partial charge in [-0.25, -0.2) is 0 Å². The Morgan fingerprint density at radius 3 is 2.38 bits per heavy atom. The molecule has 0 bridgehead atoms. The number of rotatable bonds is 4. The number of carbonyl (C=O) groups is 1. The molecule has 3 rings (SSSR count). The highest BCUT2D eigenvalue weighted by Gasteiger charge is 2.73. The van der Waals surface area contributed by atoms with Crippen molar-refractivity contribution < 1.29 is 19.4 Å². The van der Waals surface area contributed by atoms with E-state index in [2.05, 4.69) is 0 Å². The van der Waals surface area contributed by atoms with E-state index in [0.717, 1.165) is 25.7 Å². The second kappa shape index (κ2) is 4.73. The maximum Gasteiger partial charge on any atom is 0.210 e.